The van der Waals surface area contributed by atoms with Gasteiger partial charge in [0.15, 0.2) is 0 Å². The summed E-state index contributed by atoms with van der Waals surface area (Å²) >= 11 is 0. The van der Waals surface area contributed by atoms with Crippen LogP contribution in [0.1, 0.15) is 98.9 Å². The van der Waals surface area contributed by atoms with Gasteiger partial charge in [0.2, 0.25) is 0 Å². The first-order valence-electron chi connectivity index (χ1n) is 12.6. The smallest absolute Gasteiger partial charge is 0.00257 e. The van der Waals surface area contributed by atoms with Crippen LogP contribution in [-0.2, 0) is 6.42 Å². The summed E-state index contributed by atoms with van der Waals surface area (Å²) in [6, 6.07) is 16.4. The molecule has 0 aliphatic heterocycles. The van der Waals surface area contributed by atoms with Crippen molar-refractivity contribution in [3.63, 3.8) is 0 Å². The lowest BCUT2D eigenvalue weighted by Crippen LogP contribution is -2.25. The monoisotopic (exact) mass is 402 g/mol. The summed E-state index contributed by atoms with van der Waals surface area (Å²) in [5, 5.41) is 0. The molecule has 3 unspecified atom stereocenters. The molecule has 0 bridgehead atoms. The van der Waals surface area contributed by atoms with E-state index in [0.29, 0.717) is 0 Å². The Morgan fingerprint density at radius 3 is 2.13 bits per heavy atom. The van der Waals surface area contributed by atoms with Crippen LogP contribution in [0.5, 0.6) is 0 Å². The van der Waals surface area contributed by atoms with Gasteiger partial charge < -0.3 is 0 Å². The molecule has 30 heavy (non-hydrogen) atoms. The first-order chi connectivity index (χ1) is 14.5. The summed E-state index contributed by atoms with van der Waals surface area (Å²) in [6.07, 6.45) is 12.8. The summed E-state index contributed by atoms with van der Waals surface area (Å²) in [7, 11) is 0. The van der Waals surface area contributed by atoms with E-state index in [1.54, 1.807) is 5.56 Å². The summed E-state index contributed by atoms with van der Waals surface area (Å²) in [5.74, 6) is 4.50. The molecule has 2 aliphatic rings. The van der Waals surface area contributed by atoms with Crippen molar-refractivity contribution in [1.82, 2.24) is 0 Å². The van der Waals surface area contributed by atoms with Crippen molar-refractivity contribution < 1.29 is 0 Å². The van der Waals surface area contributed by atoms with Crippen LogP contribution in [0, 0.1) is 37.5 Å². The van der Waals surface area contributed by atoms with Gasteiger partial charge in [-0.15, -0.1) is 0 Å². The third-order valence-corrected chi connectivity index (χ3v) is 8.38. The minimum Gasteiger partial charge on any atom is -0.0625 e. The van der Waals surface area contributed by atoms with Crippen LogP contribution in [0.2, 0.25) is 0 Å². The van der Waals surface area contributed by atoms with Crippen molar-refractivity contribution in [3.8, 4) is 0 Å². The Labute approximate surface area is 185 Å². The molecule has 4 rings (SSSR count). The number of rotatable bonds is 5. The lowest BCUT2D eigenvalue weighted by Gasteiger charge is -2.38. The van der Waals surface area contributed by atoms with Crippen molar-refractivity contribution in [1.29, 1.82) is 0 Å². The van der Waals surface area contributed by atoms with Crippen molar-refractivity contribution in [2.75, 3.05) is 0 Å². The van der Waals surface area contributed by atoms with E-state index in [4.69, 9.17) is 0 Å². The standard InChI is InChI=1S/C30H42/c1-21-5-11-25(12-6-21)17-27-15-9-23(3)29(19-27)30-20-28(16-10-24(30)4)18-26-13-7-22(2)8-14-26/h5-6,9,11-12,15,19,22,24,26,28,30H,7-8,10,13-14,16-18,20H2,1-4H3. The number of hydrogen-bond donors (Lipinski definition) is 0. The van der Waals surface area contributed by atoms with E-state index < -0.39 is 0 Å². The fourth-order valence-corrected chi connectivity index (χ4v) is 6.23. The maximum Gasteiger partial charge on any atom is -0.00257 e. The van der Waals surface area contributed by atoms with Gasteiger partial charge in [0.1, 0.15) is 0 Å². The Morgan fingerprint density at radius 1 is 0.733 bits per heavy atom. The number of hydrogen-bond acceptors (Lipinski definition) is 0. The zero-order valence-electron chi connectivity index (χ0n) is 19.8. The molecular weight excluding hydrogens is 360 g/mol. The fraction of sp³-hybridized carbons (Fsp3) is 0.600. The van der Waals surface area contributed by atoms with Crippen molar-refractivity contribution in [3.05, 3.63) is 70.3 Å². The van der Waals surface area contributed by atoms with Gasteiger partial charge in [0.05, 0.1) is 0 Å². The second-order valence-corrected chi connectivity index (χ2v) is 11.0. The lowest BCUT2D eigenvalue weighted by molar-refractivity contribution is 0.184. The second-order valence-electron chi connectivity index (χ2n) is 11.0. The average molecular weight is 403 g/mol. The van der Waals surface area contributed by atoms with E-state index in [1.165, 1.54) is 73.6 Å². The van der Waals surface area contributed by atoms with Crippen molar-refractivity contribution in [2.45, 2.75) is 91.4 Å². The van der Waals surface area contributed by atoms with Crippen LogP contribution < -0.4 is 0 Å². The quantitative estimate of drug-likeness (QED) is 0.469. The van der Waals surface area contributed by atoms with Gasteiger partial charge >= 0.3 is 0 Å². The zero-order chi connectivity index (χ0) is 21.1. The highest BCUT2D eigenvalue weighted by atomic mass is 14.4. The van der Waals surface area contributed by atoms with Gasteiger partial charge in [-0.2, -0.15) is 0 Å². The first-order valence-corrected chi connectivity index (χ1v) is 12.6. The molecule has 0 amide bonds. The predicted molar refractivity (Wildman–Crippen MR) is 130 cm³/mol. The highest BCUT2D eigenvalue weighted by Gasteiger charge is 2.31. The van der Waals surface area contributed by atoms with Crippen LogP contribution in [0.3, 0.4) is 0 Å². The normalized spacial score (nSPS) is 29.7. The van der Waals surface area contributed by atoms with Gasteiger partial charge in [0.25, 0.3) is 0 Å². The number of aryl methyl sites for hydroxylation is 2. The lowest BCUT2D eigenvalue weighted by atomic mass is 9.67. The molecule has 2 saturated carbocycles. The van der Waals surface area contributed by atoms with Crippen molar-refractivity contribution in [2.24, 2.45) is 23.7 Å². The molecule has 2 aromatic rings. The summed E-state index contributed by atoms with van der Waals surface area (Å²) < 4.78 is 0. The topological polar surface area (TPSA) is 0 Å². The zero-order valence-corrected chi connectivity index (χ0v) is 19.8. The van der Waals surface area contributed by atoms with E-state index in [1.807, 2.05) is 0 Å². The van der Waals surface area contributed by atoms with Crippen LogP contribution >= 0.6 is 0 Å². The average Bonchev–Trinajstić information content (AvgIpc) is 2.74. The Balaban J connectivity index is 1.46. The van der Waals surface area contributed by atoms with Gasteiger partial charge in [0, 0.05) is 0 Å². The van der Waals surface area contributed by atoms with Crippen LogP contribution in [0.15, 0.2) is 42.5 Å². The highest BCUT2D eigenvalue weighted by Crippen LogP contribution is 2.45. The molecule has 3 atom stereocenters. The van der Waals surface area contributed by atoms with Crippen LogP contribution in [0.4, 0.5) is 0 Å². The third-order valence-electron chi connectivity index (χ3n) is 8.38. The van der Waals surface area contributed by atoms with Gasteiger partial charge in [-0.1, -0.05) is 94.0 Å². The minimum absolute atomic E-state index is 0.754. The fourth-order valence-electron chi connectivity index (χ4n) is 6.23. The summed E-state index contributed by atoms with van der Waals surface area (Å²) in [5.41, 5.74) is 7.41. The van der Waals surface area contributed by atoms with E-state index in [-0.39, 0.29) is 0 Å². The van der Waals surface area contributed by atoms with E-state index in [2.05, 4.69) is 70.2 Å². The van der Waals surface area contributed by atoms with Gasteiger partial charge in [-0.05, 0) is 91.4 Å². The molecule has 0 spiro atoms. The molecule has 2 aliphatic carbocycles. The Hall–Kier alpha value is -1.56. The van der Waals surface area contributed by atoms with Crippen LogP contribution in [0.25, 0.3) is 0 Å². The minimum atomic E-state index is 0.754. The Bertz CT molecular complexity index is 806. The molecule has 0 aromatic heterocycles. The molecule has 0 heteroatoms. The number of benzene rings is 2. The summed E-state index contributed by atoms with van der Waals surface area (Å²) in [4.78, 5) is 0. The van der Waals surface area contributed by atoms with E-state index in [9.17, 15) is 0 Å². The molecule has 0 N–H and O–H groups in total. The molecule has 2 aromatic carbocycles. The molecule has 0 saturated heterocycles. The molecular formula is C30H42. The first kappa shape index (κ1) is 21.7. The molecule has 2 fully saturated rings. The van der Waals surface area contributed by atoms with Gasteiger partial charge in [-0.3, -0.25) is 0 Å². The van der Waals surface area contributed by atoms with Crippen LogP contribution in [-0.4, -0.2) is 0 Å². The highest BCUT2D eigenvalue weighted by molar-refractivity contribution is 5.37. The summed E-state index contributed by atoms with van der Waals surface area (Å²) in [6.45, 7) is 9.46. The predicted octanol–water partition coefficient (Wildman–Crippen LogP) is 8.63. The largest absolute Gasteiger partial charge is 0.0625 e. The Kier molecular flexibility index (Phi) is 7.01. The third kappa shape index (κ3) is 5.37. The molecule has 0 radical (unpaired) electrons. The molecule has 162 valence electrons. The maximum atomic E-state index is 2.56. The van der Waals surface area contributed by atoms with E-state index >= 15 is 0 Å². The molecule has 0 nitrogen and oxygen atoms in total. The molecule has 0 heterocycles. The van der Waals surface area contributed by atoms with E-state index in [0.717, 1.165) is 36.0 Å². The Morgan fingerprint density at radius 2 is 1.40 bits per heavy atom. The van der Waals surface area contributed by atoms with Crippen molar-refractivity contribution >= 4 is 0 Å². The van der Waals surface area contributed by atoms with Gasteiger partial charge in [-0.25, -0.2) is 0 Å². The SMILES string of the molecule is Cc1ccc(Cc2ccc(C)c(C3CC(CC4CCC(C)CC4)CCC3C)c2)cc1. The maximum absolute atomic E-state index is 2.56. The second kappa shape index (κ2) is 9.71.